The Morgan fingerprint density at radius 3 is 2.18 bits per heavy atom. The zero-order valence-corrected chi connectivity index (χ0v) is 11.7. The maximum absolute atomic E-state index is 6.33. The number of hydrogen-bond acceptors (Lipinski definition) is 2. The SMILES string of the molecule is CCC1CCCCC1N(C)C1CCCCC1N. The summed E-state index contributed by atoms with van der Waals surface area (Å²) in [5.74, 6) is 0.919. The van der Waals surface area contributed by atoms with Crippen molar-refractivity contribution >= 4 is 0 Å². The van der Waals surface area contributed by atoms with Crippen molar-refractivity contribution in [3.8, 4) is 0 Å². The maximum Gasteiger partial charge on any atom is 0.0247 e. The van der Waals surface area contributed by atoms with Gasteiger partial charge in [-0.3, -0.25) is 4.90 Å². The molecule has 0 amide bonds. The van der Waals surface area contributed by atoms with E-state index in [2.05, 4.69) is 18.9 Å². The van der Waals surface area contributed by atoms with Crippen LogP contribution in [0.3, 0.4) is 0 Å². The van der Waals surface area contributed by atoms with Crippen LogP contribution < -0.4 is 5.73 Å². The Morgan fingerprint density at radius 1 is 0.941 bits per heavy atom. The molecule has 4 atom stereocenters. The molecule has 100 valence electrons. The summed E-state index contributed by atoms with van der Waals surface area (Å²) in [5.41, 5.74) is 6.33. The maximum atomic E-state index is 6.33. The molecule has 0 aromatic heterocycles. The summed E-state index contributed by atoms with van der Waals surface area (Å²) in [4.78, 5) is 2.66. The Labute approximate surface area is 107 Å². The van der Waals surface area contributed by atoms with Crippen LogP contribution in [-0.4, -0.2) is 30.1 Å². The fourth-order valence-electron chi connectivity index (χ4n) is 4.09. The average molecular weight is 238 g/mol. The van der Waals surface area contributed by atoms with Gasteiger partial charge < -0.3 is 5.73 Å². The van der Waals surface area contributed by atoms with Gasteiger partial charge in [-0.15, -0.1) is 0 Å². The normalized spacial score (nSPS) is 39.5. The molecule has 17 heavy (non-hydrogen) atoms. The minimum absolute atomic E-state index is 0.424. The van der Waals surface area contributed by atoms with Crippen LogP contribution >= 0.6 is 0 Å². The molecule has 2 saturated carbocycles. The first-order chi connectivity index (χ1) is 8.24. The lowest BCUT2D eigenvalue weighted by Gasteiger charge is -2.45. The van der Waals surface area contributed by atoms with Gasteiger partial charge in [0.2, 0.25) is 0 Å². The van der Waals surface area contributed by atoms with E-state index in [-0.39, 0.29) is 0 Å². The first-order valence-electron chi connectivity index (χ1n) is 7.71. The summed E-state index contributed by atoms with van der Waals surface area (Å²) in [5, 5.41) is 0. The van der Waals surface area contributed by atoms with Crippen molar-refractivity contribution in [2.75, 3.05) is 7.05 Å². The van der Waals surface area contributed by atoms with E-state index in [0.29, 0.717) is 12.1 Å². The van der Waals surface area contributed by atoms with Crippen molar-refractivity contribution < 1.29 is 0 Å². The quantitative estimate of drug-likeness (QED) is 0.818. The third-order valence-corrected chi connectivity index (χ3v) is 5.22. The molecule has 2 heteroatoms. The average Bonchev–Trinajstić information content (AvgIpc) is 2.38. The second-order valence-electron chi connectivity index (χ2n) is 6.20. The van der Waals surface area contributed by atoms with Crippen LogP contribution in [0.5, 0.6) is 0 Å². The first kappa shape index (κ1) is 13.4. The van der Waals surface area contributed by atoms with Crippen molar-refractivity contribution in [2.45, 2.75) is 82.8 Å². The number of likely N-dealkylation sites (N-methyl/N-ethyl adjacent to an activating group) is 1. The second-order valence-corrected chi connectivity index (χ2v) is 6.20. The first-order valence-corrected chi connectivity index (χ1v) is 7.71. The van der Waals surface area contributed by atoms with Gasteiger partial charge in [0, 0.05) is 18.1 Å². The molecule has 2 nitrogen and oxygen atoms in total. The van der Waals surface area contributed by atoms with Gasteiger partial charge in [0.05, 0.1) is 0 Å². The number of hydrogen-bond donors (Lipinski definition) is 1. The Balaban J connectivity index is 1.98. The van der Waals surface area contributed by atoms with Crippen LogP contribution in [0.25, 0.3) is 0 Å². The van der Waals surface area contributed by atoms with Crippen molar-refractivity contribution in [3.05, 3.63) is 0 Å². The number of rotatable bonds is 3. The van der Waals surface area contributed by atoms with Gasteiger partial charge in [0.25, 0.3) is 0 Å². The second kappa shape index (κ2) is 6.19. The van der Waals surface area contributed by atoms with Crippen LogP contribution in [0.2, 0.25) is 0 Å². The van der Waals surface area contributed by atoms with E-state index in [1.807, 2.05) is 0 Å². The van der Waals surface area contributed by atoms with Gasteiger partial charge in [-0.05, 0) is 38.6 Å². The molecule has 0 aromatic carbocycles. The van der Waals surface area contributed by atoms with Crippen molar-refractivity contribution in [1.82, 2.24) is 4.90 Å². The lowest BCUT2D eigenvalue weighted by atomic mass is 9.80. The molecule has 2 aliphatic rings. The molecule has 0 radical (unpaired) electrons. The molecule has 0 aromatic rings. The summed E-state index contributed by atoms with van der Waals surface area (Å²) < 4.78 is 0. The minimum atomic E-state index is 0.424. The summed E-state index contributed by atoms with van der Waals surface area (Å²) in [7, 11) is 2.34. The molecule has 2 N–H and O–H groups in total. The molecule has 0 saturated heterocycles. The molecular formula is C15H30N2. The Morgan fingerprint density at radius 2 is 1.53 bits per heavy atom. The van der Waals surface area contributed by atoms with Crippen molar-refractivity contribution in [3.63, 3.8) is 0 Å². The monoisotopic (exact) mass is 238 g/mol. The van der Waals surface area contributed by atoms with Gasteiger partial charge >= 0.3 is 0 Å². The zero-order chi connectivity index (χ0) is 12.3. The van der Waals surface area contributed by atoms with Crippen molar-refractivity contribution in [2.24, 2.45) is 11.7 Å². The highest BCUT2D eigenvalue weighted by atomic mass is 15.2. The molecular weight excluding hydrogens is 208 g/mol. The Bertz CT molecular complexity index is 229. The van der Waals surface area contributed by atoms with Crippen LogP contribution in [-0.2, 0) is 0 Å². The zero-order valence-electron chi connectivity index (χ0n) is 11.7. The smallest absolute Gasteiger partial charge is 0.0247 e. The third kappa shape index (κ3) is 3.03. The van der Waals surface area contributed by atoms with Gasteiger partial charge in [-0.2, -0.15) is 0 Å². The molecule has 0 aliphatic heterocycles. The van der Waals surface area contributed by atoms with Gasteiger partial charge in [0.15, 0.2) is 0 Å². The lowest BCUT2D eigenvalue weighted by Crippen LogP contribution is -2.54. The Kier molecular flexibility index (Phi) is 4.87. The fourth-order valence-corrected chi connectivity index (χ4v) is 4.09. The van der Waals surface area contributed by atoms with E-state index >= 15 is 0 Å². The fraction of sp³-hybridized carbons (Fsp3) is 1.00. The van der Waals surface area contributed by atoms with Crippen molar-refractivity contribution in [1.29, 1.82) is 0 Å². The summed E-state index contributed by atoms with van der Waals surface area (Å²) >= 11 is 0. The summed E-state index contributed by atoms with van der Waals surface area (Å²) in [6.07, 6.45) is 12.3. The van der Waals surface area contributed by atoms with Crippen LogP contribution in [0.4, 0.5) is 0 Å². The molecule has 4 unspecified atom stereocenters. The molecule has 2 fully saturated rings. The van der Waals surface area contributed by atoms with E-state index in [1.165, 1.54) is 57.8 Å². The van der Waals surface area contributed by atoms with E-state index in [0.717, 1.165) is 12.0 Å². The summed E-state index contributed by atoms with van der Waals surface area (Å²) in [6.45, 7) is 2.36. The molecule has 0 heterocycles. The highest BCUT2D eigenvalue weighted by Crippen LogP contribution is 2.33. The van der Waals surface area contributed by atoms with Gasteiger partial charge in [-0.25, -0.2) is 0 Å². The molecule has 0 spiro atoms. The van der Waals surface area contributed by atoms with E-state index < -0.39 is 0 Å². The number of nitrogens with zero attached hydrogens (tertiary/aromatic N) is 1. The van der Waals surface area contributed by atoms with Gasteiger partial charge in [-0.1, -0.05) is 39.0 Å². The summed E-state index contributed by atoms with van der Waals surface area (Å²) in [6, 6.07) is 1.89. The molecule has 0 bridgehead atoms. The van der Waals surface area contributed by atoms with Crippen LogP contribution in [0, 0.1) is 5.92 Å². The van der Waals surface area contributed by atoms with E-state index in [4.69, 9.17) is 5.73 Å². The molecule has 2 aliphatic carbocycles. The highest BCUT2D eigenvalue weighted by Gasteiger charge is 2.34. The topological polar surface area (TPSA) is 29.3 Å². The Hall–Kier alpha value is -0.0800. The van der Waals surface area contributed by atoms with Crippen LogP contribution in [0.15, 0.2) is 0 Å². The predicted molar refractivity (Wildman–Crippen MR) is 74.0 cm³/mol. The number of nitrogens with two attached hydrogens (primary N) is 1. The minimum Gasteiger partial charge on any atom is -0.326 e. The lowest BCUT2D eigenvalue weighted by molar-refractivity contribution is 0.0596. The largest absolute Gasteiger partial charge is 0.326 e. The standard InChI is InChI=1S/C15H30N2/c1-3-12-8-4-6-10-14(12)17(2)15-11-7-5-9-13(15)16/h12-15H,3-11,16H2,1-2H3. The highest BCUT2D eigenvalue weighted by molar-refractivity contribution is 4.90. The third-order valence-electron chi connectivity index (χ3n) is 5.22. The van der Waals surface area contributed by atoms with E-state index in [9.17, 15) is 0 Å². The predicted octanol–water partition coefficient (Wildman–Crippen LogP) is 3.16. The molecule has 2 rings (SSSR count). The van der Waals surface area contributed by atoms with E-state index in [1.54, 1.807) is 0 Å². The van der Waals surface area contributed by atoms with Crippen LogP contribution in [0.1, 0.15) is 64.7 Å². The van der Waals surface area contributed by atoms with Gasteiger partial charge in [0.1, 0.15) is 0 Å².